The van der Waals surface area contributed by atoms with E-state index >= 15 is 0 Å². The van der Waals surface area contributed by atoms with Gasteiger partial charge in [-0.25, -0.2) is 0 Å². The highest BCUT2D eigenvalue weighted by atomic mass is 16.5. The number of hydrogen-bond acceptors (Lipinski definition) is 5. The molecule has 1 aromatic heterocycles. The van der Waals surface area contributed by atoms with E-state index in [-0.39, 0.29) is 18.4 Å². The summed E-state index contributed by atoms with van der Waals surface area (Å²) < 4.78 is 5.07. The Kier molecular flexibility index (Phi) is 5.54. The molecule has 0 aliphatic rings. The fraction of sp³-hybridized carbons (Fsp3) is 0.500. The maximum Gasteiger partial charge on any atom is 0.227 e. The van der Waals surface area contributed by atoms with Gasteiger partial charge in [-0.15, -0.1) is 0 Å². The lowest BCUT2D eigenvalue weighted by atomic mass is 10.2. The number of carbonyl (C=O) groups excluding carboxylic acids is 1. The molecule has 1 atom stereocenters. The van der Waals surface area contributed by atoms with Crippen molar-refractivity contribution in [1.29, 1.82) is 0 Å². The fourth-order valence-corrected chi connectivity index (χ4v) is 1.54. The maximum absolute atomic E-state index is 11.8. The van der Waals surface area contributed by atoms with E-state index < -0.39 is 0 Å². The second-order valence-electron chi connectivity index (χ2n) is 4.13. The fourth-order valence-electron chi connectivity index (χ4n) is 1.54. The van der Waals surface area contributed by atoms with Crippen LogP contribution in [0.5, 0.6) is 0 Å². The molecular formula is C12H20N4O2. The number of carbonyl (C=O) groups is 1. The van der Waals surface area contributed by atoms with Crippen molar-refractivity contribution in [1.82, 2.24) is 4.98 Å². The SMILES string of the molecule is COC(CN)CC(=O)Nc1cnccc1N(C)C. The van der Waals surface area contributed by atoms with Crippen molar-refractivity contribution in [3.8, 4) is 0 Å². The Hall–Kier alpha value is -1.66. The number of rotatable bonds is 6. The number of pyridine rings is 1. The monoisotopic (exact) mass is 252 g/mol. The first-order valence-electron chi connectivity index (χ1n) is 5.72. The standard InChI is InChI=1S/C12H20N4O2/c1-16(2)11-4-5-14-8-10(11)15-12(17)6-9(7-13)18-3/h4-5,8-9H,6-7,13H2,1-3H3,(H,15,17). The molecule has 6 nitrogen and oxygen atoms in total. The molecule has 6 heteroatoms. The van der Waals surface area contributed by atoms with Gasteiger partial charge in [0.15, 0.2) is 0 Å². The number of nitrogens with zero attached hydrogens (tertiary/aromatic N) is 2. The zero-order valence-electron chi connectivity index (χ0n) is 11.0. The van der Waals surface area contributed by atoms with E-state index in [0.29, 0.717) is 12.2 Å². The minimum absolute atomic E-state index is 0.136. The van der Waals surface area contributed by atoms with Gasteiger partial charge in [-0.3, -0.25) is 9.78 Å². The smallest absolute Gasteiger partial charge is 0.227 e. The molecule has 0 aliphatic carbocycles. The van der Waals surface area contributed by atoms with Crippen LogP contribution in [-0.4, -0.2) is 44.7 Å². The minimum atomic E-state index is -0.260. The Bertz CT molecular complexity index is 391. The molecule has 1 unspecified atom stereocenters. The lowest BCUT2D eigenvalue weighted by Crippen LogP contribution is -2.28. The van der Waals surface area contributed by atoms with Crippen LogP contribution in [-0.2, 0) is 9.53 Å². The number of aromatic nitrogens is 1. The molecule has 0 bridgehead atoms. The van der Waals surface area contributed by atoms with Crippen molar-refractivity contribution in [2.24, 2.45) is 5.73 Å². The molecule has 0 aliphatic heterocycles. The molecule has 0 saturated heterocycles. The predicted octanol–water partition coefficient (Wildman–Crippen LogP) is 0.450. The highest BCUT2D eigenvalue weighted by Gasteiger charge is 2.13. The van der Waals surface area contributed by atoms with Crippen molar-refractivity contribution >= 4 is 17.3 Å². The summed E-state index contributed by atoms with van der Waals surface area (Å²) in [5, 5.41) is 2.81. The van der Waals surface area contributed by atoms with Gasteiger partial charge >= 0.3 is 0 Å². The average Bonchev–Trinajstić information content (AvgIpc) is 2.36. The largest absolute Gasteiger partial charge is 0.380 e. The molecule has 0 radical (unpaired) electrons. The lowest BCUT2D eigenvalue weighted by molar-refractivity contribution is -0.118. The van der Waals surface area contributed by atoms with E-state index in [1.54, 1.807) is 19.5 Å². The summed E-state index contributed by atoms with van der Waals surface area (Å²) in [6, 6.07) is 1.84. The Morgan fingerprint density at radius 1 is 1.61 bits per heavy atom. The van der Waals surface area contributed by atoms with Gasteiger partial charge in [0, 0.05) is 33.9 Å². The number of nitrogens with one attached hydrogen (secondary N) is 1. The van der Waals surface area contributed by atoms with Crippen molar-refractivity contribution in [2.45, 2.75) is 12.5 Å². The predicted molar refractivity (Wildman–Crippen MR) is 71.7 cm³/mol. The third-order valence-electron chi connectivity index (χ3n) is 2.56. The summed E-state index contributed by atoms with van der Waals surface area (Å²) in [6.45, 7) is 0.317. The first kappa shape index (κ1) is 14.4. The Balaban J connectivity index is 2.70. The number of amides is 1. The van der Waals surface area contributed by atoms with Gasteiger partial charge < -0.3 is 20.7 Å². The number of ether oxygens (including phenoxy) is 1. The van der Waals surface area contributed by atoms with Crippen LogP contribution in [0.1, 0.15) is 6.42 Å². The topological polar surface area (TPSA) is 80.5 Å². The molecule has 1 heterocycles. The summed E-state index contributed by atoms with van der Waals surface area (Å²) in [5.41, 5.74) is 7.06. The lowest BCUT2D eigenvalue weighted by Gasteiger charge is -2.18. The van der Waals surface area contributed by atoms with Crippen LogP contribution in [0.25, 0.3) is 0 Å². The minimum Gasteiger partial charge on any atom is -0.380 e. The highest BCUT2D eigenvalue weighted by Crippen LogP contribution is 2.22. The van der Waals surface area contributed by atoms with Gasteiger partial charge in [0.05, 0.1) is 30.1 Å². The van der Waals surface area contributed by atoms with E-state index in [9.17, 15) is 4.79 Å². The molecule has 0 spiro atoms. The quantitative estimate of drug-likeness (QED) is 0.768. The first-order chi connectivity index (χ1) is 8.58. The molecule has 3 N–H and O–H groups in total. The molecule has 0 aromatic carbocycles. The average molecular weight is 252 g/mol. The van der Waals surface area contributed by atoms with Crippen LogP contribution in [0.3, 0.4) is 0 Å². The van der Waals surface area contributed by atoms with E-state index in [2.05, 4.69) is 10.3 Å². The number of nitrogens with two attached hydrogens (primary N) is 1. The second-order valence-corrected chi connectivity index (χ2v) is 4.13. The van der Waals surface area contributed by atoms with Crippen molar-refractivity contribution in [3.63, 3.8) is 0 Å². The van der Waals surface area contributed by atoms with Crippen LogP contribution in [0.15, 0.2) is 18.5 Å². The molecule has 1 rings (SSSR count). The van der Waals surface area contributed by atoms with Gasteiger partial charge in [-0.1, -0.05) is 0 Å². The van der Waals surface area contributed by atoms with Gasteiger partial charge in [0.1, 0.15) is 0 Å². The van der Waals surface area contributed by atoms with Crippen LogP contribution in [0.2, 0.25) is 0 Å². The van der Waals surface area contributed by atoms with Crippen molar-refractivity contribution in [3.05, 3.63) is 18.5 Å². The Morgan fingerprint density at radius 3 is 2.89 bits per heavy atom. The maximum atomic E-state index is 11.8. The molecule has 1 aromatic rings. The van der Waals surface area contributed by atoms with Gasteiger partial charge in [-0.05, 0) is 6.07 Å². The van der Waals surface area contributed by atoms with Gasteiger partial charge in [-0.2, -0.15) is 0 Å². The highest BCUT2D eigenvalue weighted by molar-refractivity contribution is 5.94. The summed E-state index contributed by atoms with van der Waals surface area (Å²) in [6.07, 6.45) is 3.28. The number of hydrogen-bond donors (Lipinski definition) is 2. The van der Waals surface area contributed by atoms with E-state index in [1.807, 2.05) is 25.1 Å². The van der Waals surface area contributed by atoms with Gasteiger partial charge in [0.2, 0.25) is 5.91 Å². The molecule has 0 saturated carbocycles. The first-order valence-corrected chi connectivity index (χ1v) is 5.72. The summed E-state index contributed by atoms with van der Waals surface area (Å²) in [5.74, 6) is -0.136. The molecule has 18 heavy (non-hydrogen) atoms. The Labute approximate surface area is 107 Å². The zero-order chi connectivity index (χ0) is 13.5. The summed E-state index contributed by atoms with van der Waals surface area (Å²) >= 11 is 0. The second kappa shape index (κ2) is 6.93. The van der Waals surface area contributed by atoms with Crippen LogP contribution in [0.4, 0.5) is 11.4 Å². The third-order valence-corrected chi connectivity index (χ3v) is 2.56. The number of methoxy groups -OCH3 is 1. The zero-order valence-corrected chi connectivity index (χ0v) is 11.0. The normalized spacial score (nSPS) is 12.0. The van der Waals surface area contributed by atoms with E-state index in [1.165, 1.54) is 0 Å². The van der Waals surface area contributed by atoms with Crippen LogP contribution in [0, 0.1) is 0 Å². The summed E-state index contributed by atoms with van der Waals surface area (Å²) in [7, 11) is 5.35. The van der Waals surface area contributed by atoms with Crippen LogP contribution < -0.4 is 16.0 Å². The van der Waals surface area contributed by atoms with E-state index in [0.717, 1.165) is 5.69 Å². The van der Waals surface area contributed by atoms with Crippen molar-refractivity contribution < 1.29 is 9.53 Å². The van der Waals surface area contributed by atoms with Gasteiger partial charge in [0.25, 0.3) is 0 Å². The van der Waals surface area contributed by atoms with E-state index in [4.69, 9.17) is 10.5 Å². The van der Waals surface area contributed by atoms with Crippen molar-refractivity contribution in [2.75, 3.05) is 38.0 Å². The summed E-state index contributed by atoms with van der Waals surface area (Å²) in [4.78, 5) is 17.7. The Morgan fingerprint density at radius 2 is 2.33 bits per heavy atom. The number of anilines is 2. The molecule has 0 fully saturated rings. The molecule has 100 valence electrons. The van der Waals surface area contributed by atoms with Crippen LogP contribution >= 0.6 is 0 Å². The molecular weight excluding hydrogens is 232 g/mol. The third kappa shape index (κ3) is 3.97. The molecule has 1 amide bonds.